The topological polar surface area (TPSA) is 60.8 Å². The summed E-state index contributed by atoms with van der Waals surface area (Å²) in [5, 5.41) is 17.7. The lowest BCUT2D eigenvalue weighted by atomic mass is 10.0. The molecule has 1 saturated heterocycles. The number of carboxylic acids is 1. The molecule has 1 aliphatic rings. The van der Waals surface area contributed by atoms with Crippen molar-refractivity contribution in [2.75, 3.05) is 13.1 Å². The Bertz CT molecular complexity index is 203. The smallest absolute Gasteiger partial charge is 0.333 e. The van der Waals surface area contributed by atoms with Gasteiger partial charge in [-0.05, 0) is 33.2 Å². The molecule has 0 bridgehead atoms. The summed E-state index contributed by atoms with van der Waals surface area (Å²) in [4.78, 5) is 12.5. The van der Waals surface area contributed by atoms with Crippen LogP contribution in [-0.4, -0.2) is 45.8 Å². The number of nitrogens with zero attached hydrogens (tertiary/aromatic N) is 1. The number of aliphatic carboxylic acids is 1. The van der Waals surface area contributed by atoms with Gasteiger partial charge in [0, 0.05) is 12.1 Å². The predicted molar refractivity (Wildman–Crippen MR) is 48.5 cm³/mol. The van der Waals surface area contributed by atoms with Crippen LogP contribution in [0.3, 0.4) is 0 Å². The number of hydrogen-bond donors (Lipinski definition) is 2. The third-order valence-corrected chi connectivity index (χ3v) is 2.75. The molecule has 4 nitrogen and oxygen atoms in total. The highest BCUT2D eigenvalue weighted by Gasteiger charge is 2.34. The summed E-state index contributed by atoms with van der Waals surface area (Å²) in [6.45, 7) is 5.28. The molecule has 1 atom stereocenters. The zero-order valence-corrected chi connectivity index (χ0v) is 8.16. The van der Waals surface area contributed by atoms with E-state index in [9.17, 15) is 9.90 Å². The molecule has 76 valence electrons. The van der Waals surface area contributed by atoms with Gasteiger partial charge in [0.2, 0.25) is 0 Å². The van der Waals surface area contributed by atoms with Gasteiger partial charge in [-0.2, -0.15) is 0 Å². The van der Waals surface area contributed by atoms with Crippen LogP contribution in [0.15, 0.2) is 0 Å². The van der Waals surface area contributed by atoms with Crippen molar-refractivity contribution in [2.24, 2.45) is 0 Å². The minimum absolute atomic E-state index is 0.0381. The Balaban J connectivity index is 2.49. The van der Waals surface area contributed by atoms with E-state index in [1.807, 2.05) is 4.90 Å². The first kappa shape index (κ1) is 10.5. The summed E-state index contributed by atoms with van der Waals surface area (Å²) in [6.07, 6.45) is 0.899. The molecular formula is C9H17NO3. The normalized spacial score (nSPS) is 24.5. The molecule has 4 heteroatoms. The lowest BCUT2D eigenvalue weighted by Gasteiger charge is -2.32. The molecule has 2 N–H and O–H groups in total. The fraction of sp³-hybridized carbons (Fsp3) is 0.889. The second-order valence-electron chi connectivity index (χ2n) is 4.22. The van der Waals surface area contributed by atoms with Gasteiger partial charge in [-0.15, -0.1) is 0 Å². The van der Waals surface area contributed by atoms with E-state index >= 15 is 0 Å². The van der Waals surface area contributed by atoms with Gasteiger partial charge in [-0.25, -0.2) is 4.79 Å². The molecule has 0 aromatic rings. The Morgan fingerprint density at radius 2 is 2.23 bits per heavy atom. The standard InChI is InChI=1S/C9H17NO3/c1-9(2)4-3-5-10(9)6-7(11)8(12)13/h7,11H,3-6H2,1-2H3,(H,12,13). The fourth-order valence-electron chi connectivity index (χ4n) is 1.79. The van der Waals surface area contributed by atoms with Crippen molar-refractivity contribution in [3.8, 4) is 0 Å². The van der Waals surface area contributed by atoms with Crippen molar-refractivity contribution in [2.45, 2.75) is 38.3 Å². The monoisotopic (exact) mass is 187 g/mol. The summed E-state index contributed by atoms with van der Waals surface area (Å²) in [7, 11) is 0. The highest BCUT2D eigenvalue weighted by Crippen LogP contribution is 2.27. The third-order valence-electron chi connectivity index (χ3n) is 2.75. The average Bonchev–Trinajstić information content (AvgIpc) is 2.30. The van der Waals surface area contributed by atoms with Crippen molar-refractivity contribution in [1.82, 2.24) is 4.90 Å². The predicted octanol–water partition coefficient (Wildman–Crippen LogP) is 0.306. The Labute approximate surface area is 78.2 Å². The average molecular weight is 187 g/mol. The van der Waals surface area contributed by atoms with E-state index in [2.05, 4.69) is 13.8 Å². The molecular weight excluding hydrogens is 170 g/mol. The minimum Gasteiger partial charge on any atom is -0.479 e. The van der Waals surface area contributed by atoms with E-state index < -0.39 is 12.1 Å². The van der Waals surface area contributed by atoms with Crippen LogP contribution in [0.1, 0.15) is 26.7 Å². The van der Waals surface area contributed by atoms with Crippen LogP contribution >= 0.6 is 0 Å². The zero-order valence-electron chi connectivity index (χ0n) is 8.16. The first-order chi connectivity index (χ1) is 5.93. The molecule has 0 saturated carbocycles. The van der Waals surface area contributed by atoms with E-state index in [0.717, 1.165) is 19.4 Å². The fourth-order valence-corrected chi connectivity index (χ4v) is 1.79. The van der Waals surface area contributed by atoms with Crippen LogP contribution in [0, 0.1) is 0 Å². The van der Waals surface area contributed by atoms with Gasteiger partial charge in [-0.1, -0.05) is 0 Å². The number of aliphatic hydroxyl groups is 1. The van der Waals surface area contributed by atoms with Crippen molar-refractivity contribution in [3.05, 3.63) is 0 Å². The van der Waals surface area contributed by atoms with Crippen LogP contribution in [0.2, 0.25) is 0 Å². The van der Waals surface area contributed by atoms with Gasteiger partial charge in [0.15, 0.2) is 6.10 Å². The Morgan fingerprint density at radius 1 is 1.62 bits per heavy atom. The highest BCUT2D eigenvalue weighted by molar-refractivity contribution is 5.72. The Hall–Kier alpha value is -0.610. The van der Waals surface area contributed by atoms with Gasteiger partial charge in [0.1, 0.15) is 0 Å². The minimum atomic E-state index is -1.25. The summed E-state index contributed by atoms with van der Waals surface area (Å²) in [6, 6.07) is 0. The molecule has 0 spiro atoms. The molecule has 0 amide bonds. The van der Waals surface area contributed by atoms with E-state index in [1.165, 1.54) is 0 Å². The largest absolute Gasteiger partial charge is 0.479 e. The maximum absolute atomic E-state index is 10.4. The summed E-state index contributed by atoms with van der Waals surface area (Å²) in [5.74, 6) is -1.14. The third kappa shape index (κ3) is 2.42. The second-order valence-corrected chi connectivity index (χ2v) is 4.22. The number of β-amino-alcohol motifs (C(OH)–C–C–N with tert-alkyl or cyclic N) is 1. The van der Waals surface area contributed by atoms with Crippen molar-refractivity contribution in [1.29, 1.82) is 0 Å². The van der Waals surface area contributed by atoms with Crippen molar-refractivity contribution in [3.63, 3.8) is 0 Å². The van der Waals surface area contributed by atoms with Crippen LogP contribution in [-0.2, 0) is 4.79 Å². The molecule has 1 rings (SSSR count). The van der Waals surface area contributed by atoms with Crippen LogP contribution in [0.4, 0.5) is 0 Å². The summed E-state index contributed by atoms with van der Waals surface area (Å²) in [5.41, 5.74) is 0.0381. The summed E-state index contributed by atoms with van der Waals surface area (Å²) < 4.78 is 0. The molecule has 1 heterocycles. The second kappa shape index (κ2) is 3.64. The lowest BCUT2D eigenvalue weighted by Crippen LogP contribution is -2.44. The zero-order chi connectivity index (χ0) is 10.1. The molecule has 0 radical (unpaired) electrons. The number of carboxylic acid groups (broad SMARTS) is 1. The molecule has 1 fully saturated rings. The quantitative estimate of drug-likeness (QED) is 0.667. The molecule has 1 unspecified atom stereocenters. The molecule has 1 aliphatic heterocycles. The SMILES string of the molecule is CC1(C)CCCN1CC(O)C(=O)O. The van der Waals surface area contributed by atoms with Gasteiger partial charge in [0.25, 0.3) is 0 Å². The number of aliphatic hydroxyl groups excluding tert-OH is 1. The van der Waals surface area contributed by atoms with Crippen LogP contribution in [0.25, 0.3) is 0 Å². The van der Waals surface area contributed by atoms with Gasteiger partial charge >= 0.3 is 5.97 Å². The summed E-state index contributed by atoms with van der Waals surface area (Å²) >= 11 is 0. The molecule has 0 aromatic heterocycles. The highest BCUT2D eigenvalue weighted by atomic mass is 16.4. The Morgan fingerprint density at radius 3 is 2.62 bits per heavy atom. The van der Waals surface area contributed by atoms with Gasteiger partial charge < -0.3 is 10.2 Å². The van der Waals surface area contributed by atoms with E-state index in [4.69, 9.17) is 5.11 Å². The number of rotatable bonds is 3. The van der Waals surface area contributed by atoms with Crippen molar-refractivity contribution >= 4 is 5.97 Å². The molecule has 0 aromatic carbocycles. The maximum Gasteiger partial charge on any atom is 0.333 e. The van der Waals surface area contributed by atoms with E-state index in [1.54, 1.807) is 0 Å². The molecule has 0 aliphatic carbocycles. The number of hydrogen-bond acceptors (Lipinski definition) is 3. The van der Waals surface area contributed by atoms with E-state index in [0.29, 0.717) is 0 Å². The van der Waals surface area contributed by atoms with Crippen LogP contribution in [0.5, 0.6) is 0 Å². The van der Waals surface area contributed by atoms with Crippen molar-refractivity contribution < 1.29 is 15.0 Å². The first-order valence-corrected chi connectivity index (χ1v) is 4.59. The first-order valence-electron chi connectivity index (χ1n) is 4.59. The van der Waals surface area contributed by atoms with Crippen LogP contribution < -0.4 is 0 Å². The van der Waals surface area contributed by atoms with Gasteiger partial charge in [0.05, 0.1) is 0 Å². The number of likely N-dealkylation sites (tertiary alicyclic amines) is 1. The lowest BCUT2D eigenvalue weighted by molar-refractivity contribution is -0.148. The van der Waals surface area contributed by atoms with Gasteiger partial charge in [-0.3, -0.25) is 4.90 Å². The Kier molecular flexibility index (Phi) is 2.93. The number of carbonyl (C=O) groups is 1. The van der Waals surface area contributed by atoms with E-state index in [-0.39, 0.29) is 12.1 Å². The maximum atomic E-state index is 10.4. The molecule has 13 heavy (non-hydrogen) atoms.